The van der Waals surface area contributed by atoms with Crippen LogP contribution in [-0.4, -0.2) is 0 Å². The van der Waals surface area contributed by atoms with Crippen LogP contribution in [-0.2, 0) is 25.3 Å². The molecule has 0 rings (SSSR count). The topological polar surface area (TPSA) is 34.1 Å². The molecule has 0 saturated heterocycles. The molecule has 0 unspecified atom stereocenters. The van der Waals surface area contributed by atoms with Crippen LogP contribution in [0.15, 0.2) is 0 Å². The van der Waals surface area contributed by atoms with Crippen molar-refractivity contribution in [2.24, 2.45) is 10.8 Å². The number of hydrogen-bond acceptors (Lipinski definition) is 2. The van der Waals surface area contributed by atoms with Gasteiger partial charge in [0.2, 0.25) is 0 Å². The summed E-state index contributed by atoms with van der Waals surface area (Å²) in [6.07, 6.45) is 0. The van der Waals surface area contributed by atoms with Crippen molar-refractivity contribution in [3.63, 3.8) is 0 Å². The van der Waals surface area contributed by atoms with Crippen LogP contribution < -0.4 is 0 Å². The summed E-state index contributed by atoms with van der Waals surface area (Å²) in [5.41, 5.74) is 0.500. The second kappa shape index (κ2) is 8.87. The Hall–Kier alpha value is 0.288. The van der Waals surface area contributed by atoms with Crippen molar-refractivity contribution in [2.75, 3.05) is 0 Å². The van der Waals surface area contributed by atoms with E-state index in [1.54, 1.807) is 0 Å². The zero-order valence-corrected chi connectivity index (χ0v) is 11.6. The van der Waals surface area contributed by atoms with Gasteiger partial charge in [-0.15, -0.1) is 0 Å². The molecule has 13 heavy (non-hydrogen) atoms. The monoisotopic (exact) mass is 272 g/mol. The van der Waals surface area contributed by atoms with E-state index >= 15 is 0 Å². The molecular formula is C10H22MoO2. The zero-order chi connectivity index (χ0) is 11.7. The molecule has 0 aliphatic carbocycles. The molecule has 0 bridgehead atoms. The quantitative estimate of drug-likeness (QED) is 0.498. The van der Waals surface area contributed by atoms with Gasteiger partial charge in [0.05, 0.1) is 0 Å². The van der Waals surface area contributed by atoms with E-state index in [0.717, 1.165) is 0 Å². The van der Waals surface area contributed by atoms with Gasteiger partial charge in [-0.1, -0.05) is 41.5 Å². The van der Waals surface area contributed by atoms with E-state index < -0.39 is 18.5 Å². The fourth-order valence-electron chi connectivity index (χ4n) is 0. The molecular weight excluding hydrogens is 248 g/mol. The van der Waals surface area contributed by atoms with Crippen molar-refractivity contribution < 1.29 is 25.3 Å². The van der Waals surface area contributed by atoms with Crippen molar-refractivity contribution in [2.45, 2.75) is 41.5 Å². The minimum atomic E-state index is -2.03. The average Bonchev–Trinajstić information content (AvgIpc) is 1.52. The summed E-state index contributed by atoms with van der Waals surface area (Å²) in [6.45, 7) is 20.0. The molecule has 80 valence electrons. The number of hydrogen-bond donors (Lipinski definition) is 0. The second-order valence-electron chi connectivity index (χ2n) is 5.19. The van der Waals surface area contributed by atoms with Crippen LogP contribution in [0.2, 0.25) is 0 Å². The third kappa shape index (κ3) is 15600. The van der Waals surface area contributed by atoms with Crippen LogP contribution in [0.5, 0.6) is 0 Å². The summed E-state index contributed by atoms with van der Waals surface area (Å²) in [6, 6.07) is 0. The Morgan fingerprint density at radius 3 is 0.769 bits per heavy atom. The average molecular weight is 270 g/mol. The van der Waals surface area contributed by atoms with Gasteiger partial charge >= 0.3 is 25.3 Å². The second-order valence-corrected chi connectivity index (χ2v) is 5.52. The summed E-state index contributed by atoms with van der Waals surface area (Å²) in [7, 11) is 0. The molecule has 0 aromatic carbocycles. The summed E-state index contributed by atoms with van der Waals surface area (Å²) in [5, 5.41) is 0. The molecule has 0 aliphatic heterocycles. The van der Waals surface area contributed by atoms with E-state index in [-0.39, 0.29) is 10.8 Å². The van der Waals surface area contributed by atoms with E-state index in [1.165, 1.54) is 0 Å². The molecule has 0 atom stereocenters. The van der Waals surface area contributed by atoms with E-state index in [9.17, 15) is 0 Å². The van der Waals surface area contributed by atoms with Gasteiger partial charge in [-0.25, -0.2) is 0 Å². The zero-order valence-electron chi connectivity index (χ0n) is 9.64. The van der Waals surface area contributed by atoms with Gasteiger partial charge in [0.25, 0.3) is 0 Å². The summed E-state index contributed by atoms with van der Waals surface area (Å²) < 4.78 is 17.0. The first-order chi connectivity index (χ1) is 5.41. The van der Waals surface area contributed by atoms with Crippen molar-refractivity contribution in [1.29, 1.82) is 0 Å². The molecule has 2 nitrogen and oxygen atoms in total. The van der Waals surface area contributed by atoms with Gasteiger partial charge < -0.3 is 13.8 Å². The van der Waals surface area contributed by atoms with Gasteiger partial charge in [-0.05, 0) is 0 Å². The first kappa shape index (κ1) is 19.0. The van der Waals surface area contributed by atoms with Gasteiger partial charge in [-0.2, -0.15) is 10.8 Å². The van der Waals surface area contributed by atoms with Crippen LogP contribution in [0.1, 0.15) is 41.5 Å². The molecule has 3 heteroatoms. The van der Waals surface area contributed by atoms with Gasteiger partial charge in [0.15, 0.2) is 0 Å². The Bertz CT molecular complexity index is 110. The first-order valence-electron chi connectivity index (χ1n) is 4.04. The molecule has 0 aliphatic rings. The predicted molar refractivity (Wildman–Crippen MR) is 51.0 cm³/mol. The summed E-state index contributed by atoms with van der Waals surface area (Å²) in [5.74, 6) is 0. The Morgan fingerprint density at radius 1 is 0.769 bits per heavy atom. The molecule has 0 N–H and O–H groups in total. The van der Waals surface area contributed by atoms with Crippen molar-refractivity contribution >= 4 is 0 Å². The molecule has 0 aromatic heterocycles. The Labute approximate surface area is 91.6 Å². The molecule has 0 heterocycles. The maximum absolute atomic E-state index is 8.50. The molecule has 0 radical (unpaired) electrons. The predicted octanol–water partition coefficient (Wildman–Crippen LogP) is 3.49. The van der Waals surface area contributed by atoms with E-state index in [2.05, 4.69) is 55.4 Å². The van der Waals surface area contributed by atoms with E-state index in [0.29, 0.717) is 0 Å². The van der Waals surface area contributed by atoms with Crippen LogP contribution in [0, 0.1) is 24.7 Å². The first-order valence-corrected chi connectivity index (χ1v) is 5.68. The molecule has 0 spiro atoms. The van der Waals surface area contributed by atoms with Crippen LogP contribution in [0.25, 0.3) is 0 Å². The fourth-order valence-corrected chi connectivity index (χ4v) is 0. The van der Waals surface area contributed by atoms with Crippen molar-refractivity contribution in [1.82, 2.24) is 0 Å². The normalized spacial score (nSPS) is 9.85. The molecule has 0 aromatic rings. The standard InChI is InChI=1S/2C5H11.Mo.2O/c2*1-5(2,3)4;;;/h2*1H2,2-4H3;;;/q2*-1;+2;;. The fraction of sp³-hybridized carbons (Fsp3) is 0.800. The maximum atomic E-state index is 8.50. The molecule has 0 saturated carbocycles. The van der Waals surface area contributed by atoms with Crippen molar-refractivity contribution in [3.8, 4) is 0 Å². The van der Waals surface area contributed by atoms with Gasteiger partial charge in [0, 0.05) is 0 Å². The SMILES string of the molecule is [CH2-]C(C)(C)C.[CH2-]C(C)(C)C.[O]=[Mo+2]=[O]. The van der Waals surface area contributed by atoms with Crippen LogP contribution in [0.4, 0.5) is 0 Å². The summed E-state index contributed by atoms with van der Waals surface area (Å²) in [4.78, 5) is 0. The van der Waals surface area contributed by atoms with Gasteiger partial charge in [-0.3, -0.25) is 0 Å². The Balaban J connectivity index is -0.000000120. The Kier molecular flexibility index (Phi) is 12.9. The molecule has 0 fully saturated rings. The van der Waals surface area contributed by atoms with Crippen LogP contribution in [0.3, 0.4) is 0 Å². The third-order valence-corrected chi connectivity index (χ3v) is 0. The Morgan fingerprint density at radius 2 is 0.769 bits per heavy atom. The number of rotatable bonds is 0. The molecule has 0 amide bonds. The van der Waals surface area contributed by atoms with Gasteiger partial charge in [0.1, 0.15) is 0 Å². The van der Waals surface area contributed by atoms with E-state index in [4.69, 9.17) is 6.80 Å². The van der Waals surface area contributed by atoms with E-state index in [1.807, 2.05) is 0 Å². The summed E-state index contributed by atoms with van der Waals surface area (Å²) >= 11 is -2.03. The van der Waals surface area contributed by atoms with Crippen LogP contribution >= 0.6 is 0 Å². The third-order valence-electron chi connectivity index (χ3n) is 0. The van der Waals surface area contributed by atoms with Crippen molar-refractivity contribution in [3.05, 3.63) is 13.8 Å². The minimum absolute atomic E-state index is 0.250.